The largest absolute Gasteiger partial charge is 0.378 e. The monoisotopic (exact) mass is 486 g/mol. The van der Waals surface area contributed by atoms with Gasteiger partial charge in [-0.15, -0.1) is 0 Å². The van der Waals surface area contributed by atoms with Gasteiger partial charge in [0.2, 0.25) is 0 Å². The van der Waals surface area contributed by atoms with Crippen molar-refractivity contribution in [3.8, 4) is 0 Å². The summed E-state index contributed by atoms with van der Waals surface area (Å²) in [5.41, 5.74) is 0.339. The van der Waals surface area contributed by atoms with Gasteiger partial charge < -0.3 is 18.9 Å². The summed E-state index contributed by atoms with van der Waals surface area (Å²) in [6.45, 7) is 36.6. The number of hydrogen-bond acceptors (Lipinski definition) is 4. The van der Waals surface area contributed by atoms with Crippen LogP contribution < -0.4 is 0 Å². The Bertz CT molecular complexity index is 522. The van der Waals surface area contributed by atoms with Crippen LogP contribution in [0.25, 0.3) is 0 Å². The van der Waals surface area contributed by atoms with Crippen LogP contribution in [0.4, 0.5) is 0 Å². The zero-order valence-corrected chi connectivity index (χ0v) is 25.9. The van der Waals surface area contributed by atoms with Crippen molar-refractivity contribution >= 4 is 0 Å². The minimum absolute atomic E-state index is 0.111. The highest BCUT2D eigenvalue weighted by Gasteiger charge is 2.30. The molecule has 0 aromatic rings. The van der Waals surface area contributed by atoms with Crippen LogP contribution in [0.5, 0.6) is 0 Å². The molecule has 0 unspecified atom stereocenters. The molecule has 0 aromatic carbocycles. The van der Waals surface area contributed by atoms with E-state index in [1.165, 1.54) is 0 Å². The van der Waals surface area contributed by atoms with E-state index in [1.54, 1.807) is 0 Å². The average molecular weight is 487 g/mol. The van der Waals surface area contributed by atoms with Gasteiger partial charge in [0.1, 0.15) is 6.10 Å². The fourth-order valence-corrected chi connectivity index (χ4v) is 5.14. The first-order valence-corrected chi connectivity index (χ1v) is 13.4. The summed E-state index contributed by atoms with van der Waals surface area (Å²) in [5.74, 6) is 0. The van der Waals surface area contributed by atoms with Gasteiger partial charge in [0.15, 0.2) is 0 Å². The average Bonchev–Trinajstić information content (AvgIpc) is 2.47. The Morgan fingerprint density at radius 2 is 0.941 bits per heavy atom. The Balaban J connectivity index is 5.03. The third-order valence-corrected chi connectivity index (χ3v) is 5.34. The Labute approximate surface area is 214 Å². The number of rotatable bonds is 15. The molecular weight excluding hydrogens is 424 g/mol. The second-order valence-electron chi connectivity index (χ2n) is 16.0. The molecule has 4 heteroatoms. The standard InChI is InChI=1S/C30H62O4/c1-25(2,3)20-28(10,11)22-31-18-24(19-32-23-29(12,13)21-26(4,5)6)34-30(14,15)16-17-33-27(7,8)9/h24H,16-23H2,1-15H3. The molecular formula is C30H62O4. The second kappa shape index (κ2) is 12.9. The summed E-state index contributed by atoms with van der Waals surface area (Å²) < 4.78 is 25.0. The van der Waals surface area contributed by atoms with Crippen molar-refractivity contribution in [3.63, 3.8) is 0 Å². The van der Waals surface area contributed by atoms with Crippen LogP contribution >= 0.6 is 0 Å². The molecule has 0 heterocycles. The second-order valence-corrected chi connectivity index (χ2v) is 16.0. The van der Waals surface area contributed by atoms with E-state index >= 15 is 0 Å². The Morgan fingerprint density at radius 1 is 0.559 bits per heavy atom. The lowest BCUT2D eigenvalue weighted by molar-refractivity contribution is -0.148. The highest BCUT2D eigenvalue weighted by Crippen LogP contribution is 2.34. The molecule has 4 nitrogen and oxygen atoms in total. The summed E-state index contributed by atoms with van der Waals surface area (Å²) in [5, 5.41) is 0. The first-order valence-electron chi connectivity index (χ1n) is 13.4. The molecule has 206 valence electrons. The summed E-state index contributed by atoms with van der Waals surface area (Å²) >= 11 is 0. The van der Waals surface area contributed by atoms with Crippen LogP contribution in [0.3, 0.4) is 0 Å². The zero-order valence-electron chi connectivity index (χ0n) is 25.9. The first-order chi connectivity index (χ1) is 14.9. The lowest BCUT2D eigenvalue weighted by Crippen LogP contribution is -2.39. The Morgan fingerprint density at radius 3 is 1.26 bits per heavy atom. The maximum absolute atomic E-state index is 6.55. The fourth-order valence-electron chi connectivity index (χ4n) is 5.14. The van der Waals surface area contributed by atoms with Gasteiger partial charge in [-0.05, 0) is 75.5 Å². The van der Waals surface area contributed by atoms with Gasteiger partial charge in [0.25, 0.3) is 0 Å². The molecule has 0 N–H and O–H groups in total. The van der Waals surface area contributed by atoms with E-state index in [2.05, 4.69) is 104 Å². The van der Waals surface area contributed by atoms with Gasteiger partial charge in [0, 0.05) is 6.61 Å². The Hall–Kier alpha value is -0.160. The van der Waals surface area contributed by atoms with Gasteiger partial charge in [-0.1, -0.05) is 69.2 Å². The molecule has 0 fully saturated rings. The van der Waals surface area contributed by atoms with E-state index in [0.717, 1.165) is 19.3 Å². The van der Waals surface area contributed by atoms with E-state index in [-0.39, 0.29) is 39.0 Å². The molecule has 0 spiro atoms. The number of hydrogen-bond donors (Lipinski definition) is 0. The summed E-state index contributed by atoms with van der Waals surface area (Å²) in [4.78, 5) is 0. The fraction of sp³-hybridized carbons (Fsp3) is 1.00. The minimum atomic E-state index is -0.315. The van der Waals surface area contributed by atoms with Crippen molar-refractivity contribution in [1.29, 1.82) is 0 Å². The molecule has 0 aliphatic rings. The maximum atomic E-state index is 6.55. The molecule has 0 aliphatic carbocycles. The van der Waals surface area contributed by atoms with Crippen LogP contribution in [0, 0.1) is 21.7 Å². The normalized spacial score (nSPS) is 14.8. The quantitative estimate of drug-likeness (QED) is 0.233. The third-order valence-electron chi connectivity index (χ3n) is 5.34. The van der Waals surface area contributed by atoms with Crippen LogP contribution in [0.15, 0.2) is 0 Å². The minimum Gasteiger partial charge on any atom is -0.378 e. The van der Waals surface area contributed by atoms with E-state index < -0.39 is 0 Å². The van der Waals surface area contributed by atoms with Crippen LogP contribution in [-0.4, -0.2) is 50.3 Å². The van der Waals surface area contributed by atoms with Crippen molar-refractivity contribution in [1.82, 2.24) is 0 Å². The van der Waals surface area contributed by atoms with Gasteiger partial charge in [0.05, 0.1) is 37.6 Å². The van der Waals surface area contributed by atoms with Crippen LogP contribution in [0.2, 0.25) is 0 Å². The maximum Gasteiger partial charge on any atom is 0.105 e. The summed E-state index contributed by atoms with van der Waals surface area (Å²) in [6, 6.07) is 0. The van der Waals surface area contributed by atoms with Crippen molar-refractivity contribution in [2.24, 2.45) is 21.7 Å². The van der Waals surface area contributed by atoms with Gasteiger partial charge in [-0.25, -0.2) is 0 Å². The van der Waals surface area contributed by atoms with Crippen LogP contribution in [0.1, 0.15) is 123 Å². The van der Waals surface area contributed by atoms with Gasteiger partial charge >= 0.3 is 0 Å². The molecule has 0 aromatic heterocycles. The van der Waals surface area contributed by atoms with Gasteiger partial charge in [-0.2, -0.15) is 0 Å². The molecule has 34 heavy (non-hydrogen) atoms. The predicted octanol–water partition coefficient (Wildman–Crippen LogP) is 8.31. The van der Waals surface area contributed by atoms with Crippen molar-refractivity contribution in [2.75, 3.05) is 33.0 Å². The highest BCUT2D eigenvalue weighted by atomic mass is 16.6. The van der Waals surface area contributed by atoms with Crippen molar-refractivity contribution in [2.45, 2.75) is 140 Å². The molecule has 0 aliphatic heterocycles. The van der Waals surface area contributed by atoms with E-state index in [1.807, 2.05) is 0 Å². The SMILES string of the molecule is CC(C)(C)CC(C)(C)COCC(COCC(C)(C)CC(C)(C)C)OC(C)(C)CCOC(C)(C)C. The molecule has 0 rings (SSSR count). The molecule has 0 radical (unpaired) electrons. The molecule has 0 bridgehead atoms. The van der Waals surface area contributed by atoms with Crippen molar-refractivity contribution in [3.05, 3.63) is 0 Å². The van der Waals surface area contributed by atoms with Crippen LogP contribution in [-0.2, 0) is 18.9 Å². The van der Waals surface area contributed by atoms with E-state index in [0.29, 0.717) is 33.0 Å². The molecule has 0 saturated heterocycles. The first kappa shape index (κ1) is 33.8. The molecule has 0 amide bonds. The lowest BCUT2D eigenvalue weighted by atomic mass is 9.77. The predicted molar refractivity (Wildman–Crippen MR) is 147 cm³/mol. The highest BCUT2D eigenvalue weighted by molar-refractivity contribution is 4.79. The third kappa shape index (κ3) is 20.1. The smallest absolute Gasteiger partial charge is 0.105 e. The van der Waals surface area contributed by atoms with E-state index in [4.69, 9.17) is 18.9 Å². The topological polar surface area (TPSA) is 36.9 Å². The summed E-state index contributed by atoms with van der Waals surface area (Å²) in [6.07, 6.45) is 2.93. The Kier molecular flexibility index (Phi) is 12.8. The molecule has 0 atom stereocenters. The lowest BCUT2D eigenvalue weighted by Gasteiger charge is -2.35. The summed E-state index contributed by atoms with van der Waals surface area (Å²) in [7, 11) is 0. The van der Waals surface area contributed by atoms with Gasteiger partial charge in [-0.3, -0.25) is 0 Å². The molecule has 0 saturated carbocycles. The number of ether oxygens (including phenoxy) is 4. The zero-order chi connectivity index (χ0) is 27.1. The van der Waals surface area contributed by atoms with Crippen molar-refractivity contribution < 1.29 is 18.9 Å². The van der Waals surface area contributed by atoms with E-state index in [9.17, 15) is 0 Å².